The predicted molar refractivity (Wildman–Crippen MR) is 65.8 cm³/mol. The number of hydrogen-bond acceptors (Lipinski definition) is 3. The molecule has 2 aliphatic rings. The fourth-order valence-corrected chi connectivity index (χ4v) is 3.36. The van der Waals surface area contributed by atoms with Crippen molar-refractivity contribution in [1.82, 2.24) is 5.43 Å². The van der Waals surface area contributed by atoms with Gasteiger partial charge >= 0.3 is 0 Å². The average molecular weight is 226 g/mol. The van der Waals surface area contributed by atoms with Crippen molar-refractivity contribution >= 4 is 0 Å². The lowest BCUT2D eigenvalue weighted by Crippen LogP contribution is -2.51. The highest BCUT2D eigenvalue weighted by atomic mass is 16.5. The lowest BCUT2D eigenvalue weighted by atomic mass is 9.76. The Morgan fingerprint density at radius 2 is 1.94 bits per heavy atom. The Hall–Kier alpha value is -0.120. The van der Waals surface area contributed by atoms with E-state index in [1.54, 1.807) is 0 Å². The number of nitrogens with two attached hydrogens (primary N) is 1. The fraction of sp³-hybridized carbons (Fsp3) is 1.00. The zero-order valence-electron chi connectivity index (χ0n) is 10.6. The topological polar surface area (TPSA) is 47.3 Å². The van der Waals surface area contributed by atoms with Crippen molar-refractivity contribution < 1.29 is 4.74 Å². The van der Waals surface area contributed by atoms with E-state index in [2.05, 4.69) is 12.3 Å². The molecule has 2 aliphatic carbocycles. The molecule has 2 rings (SSSR count). The molecule has 4 atom stereocenters. The summed E-state index contributed by atoms with van der Waals surface area (Å²) in [4.78, 5) is 0. The summed E-state index contributed by atoms with van der Waals surface area (Å²) in [6.07, 6.45) is 8.32. The Kier molecular flexibility index (Phi) is 4.22. The zero-order valence-corrected chi connectivity index (χ0v) is 10.6. The van der Waals surface area contributed by atoms with E-state index in [1.807, 2.05) is 7.11 Å². The van der Waals surface area contributed by atoms with Crippen LogP contribution in [0.15, 0.2) is 0 Å². The van der Waals surface area contributed by atoms with Crippen molar-refractivity contribution in [2.75, 3.05) is 7.11 Å². The molecular weight excluding hydrogens is 200 g/mol. The maximum atomic E-state index is 5.76. The molecule has 0 spiro atoms. The normalized spacial score (nSPS) is 34.7. The number of nitrogens with one attached hydrogen (secondary N) is 1. The highest BCUT2D eigenvalue weighted by Gasteiger charge is 2.40. The number of rotatable bonds is 5. The van der Waals surface area contributed by atoms with E-state index in [9.17, 15) is 0 Å². The van der Waals surface area contributed by atoms with E-state index < -0.39 is 0 Å². The third-order valence-corrected chi connectivity index (χ3v) is 4.39. The van der Waals surface area contributed by atoms with Gasteiger partial charge in [0.2, 0.25) is 0 Å². The van der Waals surface area contributed by atoms with Crippen LogP contribution in [-0.2, 0) is 4.74 Å². The van der Waals surface area contributed by atoms with Crippen molar-refractivity contribution in [1.29, 1.82) is 0 Å². The molecule has 3 nitrogen and oxygen atoms in total. The summed E-state index contributed by atoms with van der Waals surface area (Å²) >= 11 is 0. The minimum absolute atomic E-state index is 0.334. The van der Waals surface area contributed by atoms with Crippen molar-refractivity contribution in [2.45, 2.75) is 57.6 Å². The smallest absolute Gasteiger partial charge is 0.0768 e. The van der Waals surface area contributed by atoms with Crippen LogP contribution in [0.2, 0.25) is 0 Å². The van der Waals surface area contributed by atoms with Crippen LogP contribution in [0.4, 0.5) is 0 Å². The Balaban J connectivity index is 1.96. The number of hydrogen-bond donors (Lipinski definition) is 2. The SMILES string of the molecule is COC(C1CC1)C(NN)C1CCCC(C)C1. The molecule has 0 aromatic carbocycles. The third kappa shape index (κ3) is 2.76. The van der Waals surface area contributed by atoms with Gasteiger partial charge in [-0.25, -0.2) is 0 Å². The maximum absolute atomic E-state index is 5.76. The van der Waals surface area contributed by atoms with Crippen LogP contribution in [-0.4, -0.2) is 19.3 Å². The van der Waals surface area contributed by atoms with Crippen LogP contribution in [0.3, 0.4) is 0 Å². The van der Waals surface area contributed by atoms with Crippen LogP contribution < -0.4 is 11.3 Å². The molecule has 3 N–H and O–H groups in total. The van der Waals surface area contributed by atoms with E-state index in [1.165, 1.54) is 38.5 Å². The van der Waals surface area contributed by atoms with Crippen molar-refractivity contribution in [3.63, 3.8) is 0 Å². The molecule has 0 aliphatic heterocycles. The molecule has 0 saturated heterocycles. The van der Waals surface area contributed by atoms with E-state index in [-0.39, 0.29) is 0 Å². The van der Waals surface area contributed by atoms with Gasteiger partial charge in [-0.1, -0.05) is 19.8 Å². The van der Waals surface area contributed by atoms with Gasteiger partial charge in [-0.3, -0.25) is 11.3 Å². The van der Waals surface area contributed by atoms with E-state index >= 15 is 0 Å². The quantitative estimate of drug-likeness (QED) is 0.557. The molecule has 0 aromatic rings. The van der Waals surface area contributed by atoms with E-state index in [0.29, 0.717) is 18.1 Å². The Morgan fingerprint density at radius 1 is 1.19 bits per heavy atom. The summed E-state index contributed by atoms with van der Waals surface area (Å²) in [5, 5.41) is 0. The number of hydrazine groups is 1. The van der Waals surface area contributed by atoms with E-state index in [0.717, 1.165) is 11.8 Å². The van der Waals surface area contributed by atoms with Crippen LogP contribution in [0.1, 0.15) is 45.4 Å². The summed E-state index contributed by atoms with van der Waals surface area (Å²) in [7, 11) is 1.83. The molecule has 0 heterocycles. The lowest BCUT2D eigenvalue weighted by molar-refractivity contribution is 0.0200. The van der Waals surface area contributed by atoms with Crippen molar-refractivity contribution in [3.8, 4) is 0 Å². The molecule has 2 saturated carbocycles. The summed E-state index contributed by atoms with van der Waals surface area (Å²) in [6.45, 7) is 2.36. The average Bonchev–Trinajstić information content (AvgIpc) is 3.09. The molecular formula is C13H26N2O. The van der Waals surface area contributed by atoms with Gasteiger partial charge in [-0.2, -0.15) is 0 Å². The molecule has 0 amide bonds. The first kappa shape index (κ1) is 12.3. The third-order valence-electron chi connectivity index (χ3n) is 4.39. The Bertz CT molecular complexity index is 218. The van der Waals surface area contributed by atoms with Gasteiger partial charge in [0.1, 0.15) is 0 Å². The minimum atomic E-state index is 0.334. The van der Waals surface area contributed by atoms with Gasteiger partial charge < -0.3 is 4.74 Å². The largest absolute Gasteiger partial charge is 0.379 e. The van der Waals surface area contributed by atoms with Crippen LogP contribution in [0, 0.1) is 17.8 Å². The van der Waals surface area contributed by atoms with Crippen LogP contribution in [0.25, 0.3) is 0 Å². The van der Waals surface area contributed by atoms with Gasteiger partial charge in [0, 0.05) is 7.11 Å². The van der Waals surface area contributed by atoms with Crippen molar-refractivity contribution in [2.24, 2.45) is 23.6 Å². The molecule has 94 valence electrons. The Morgan fingerprint density at radius 3 is 2.44 bits per heavy atom. The van der Waals surface area contributed by atoms with Gasteiger partial charge in [0.05, 0.1) is 12.1 Å². The fourth-order valence-electron chi connectivity index (χ4n) is 3.36. The first-order valence-corrected chi connectivity index (χ1v) is 6.75. The van der Waals surface area contributed by atoms with Crippen LogP contribution in [0.5, 0.6) is 0 Å². The zero-order chi connectivity index (χ0) is 11.5. The molecule has 0 aromatic heterocycles. The second kappa shape index (κ2) is 5.48. The molecule has 4 unspecified atom stereocenters. The van der Waals surface area contributed by atoms with Gasteiger partial charge in [-0.15, -0.1) is 0 Å². The number of methoxy groups -OCH3 is 1. The summed E-state index contributed by atoms with van der Waals surface area (Å²) in [6, 6.07) is 0.361. The van der Waals surface area contributed by atoms with Gasteiger partial charge in [0.25, 0.3) is 0 Å². The highest BCUT2D eigenvalue weighted by Crippen LogP contribution is 2.40. The maximum Gasteiger partial charge on any atom is 0.0768 e. The summed E-state index contributed by atoms with van der Waals surface area (Å²) < 4.78 is 5.67. The first-order chi connectivity index (χ1) is 7.76. The second-order valence-electron chi connectivity index (χ2n) is 5.76. The predicted octanol–water partition coefficient (Wildman–Crippen LogP) is 2.07. The molecule has 2 fully saturated rings. The molecule has 16 heavy (non-hydrogen) atoms. The van der Waals surface area contributed by atoms with Crippen molar-refractivity contribution in [3.05, 3.63) is 0 Å². The Labute approximate surface area is 99.1 Å². The second-order valence-corrected chi connectivity index (χ2v) is 5.76. The molecule has 0 radical (unpaired) electrons. The molecule has 0 bridgehead atoms. The van der Waals surface area contributed by atoms with Gasteiger partial charge in [-0.05, 0) is 43.4 Å². The molecule has 3 heteroatoms. The first-order valence-electron chi connectivity index (χ1n) is 6.75. The monoisotopic (exact) mass is 226 g/mol. The number of ether oxygens (including phenoxy) is 1. The standard InChI is InChI=1S/C13H26N2O/c1-9-4-3-5-11(8-9)12(15-14)13(16-2)10-6-7-10/h9-13,15H,3-8,14H2,1-2H3. The van der Waals surface area contributed by atoms with E-state index in [4.69, 9.17) is 10.6 Å². The minimum Gasteiger partial charge on any atom is -0.379 e. The highest BCUT2D eigenvalue weighted by molar-refractivity contribution is 4.93. The summed E-state index contributed by atoms with van der Waals surface area (Å²) in [5.41, 5.74) is 3.04. The lowest BCUT2D eigenvalue weighted by Gasteiger charge is -2.37. The van der Waals surface area contributed by atoms with Crippen LogP contribution >= 0.6 is 0 Å². The summed E-state index contributed by atoms with van der Waals surface area (Å²) in [5.74, 6) is 8.07. The van der Waals surface area contributed by atoms with Gasteiger partial charge in [0.15, 0.2) is 0 Å².